The molecule has 0 unspecified atom stereocenters. The van der Waals surface area contributed by atoms with Crippen LogP contribution in [0.25, 0.3) is 5.57 Å². The number of hydrogen-bond acceptors (Lipinski definition) is 7. The third-order valence-corrected chi connectivity index (χ3v) is 6.06. The lowest BCUT2D eigenvalue weighted by Gasteiger charge is -2.17. The van der Waals surface area contributed by atoms with Crippen LogP contribution in [-0.2, 0) is 0 Å². The van der Waals surface area contributed by atoms with E-state index < -0.39 is 0 Å². The second kappa shape index (κ2) is 8.78. The molecule has 0 fully saturated rings. The Hall–Kier alpha value is -4.78. The summed E-state index contributed by atoms with van der Waals surface area (Å²) in [4.78, 5) is 19.2. The second-order valence-corrected chi connectivity index (χ2v) is 8.32. The second-order valence-electron chi connectivity index (χ2n) is 8.32. The predicted molar refractivity (Wildman–Crippen MR) is 144 cm³/mol. The number of rotatable bonds is 4. The molecule has 36 heavy (non-hydrogen) atoms. The van der Waals surface area contributed by atoms with Crippen molar-refractivity contribution >= 4 is 28.4 Å². The smallest absolute Gasteiger partial charge is 0.164 e. The zero-order valence-electron chi connectivity index (χ0n) is 20.0. The number of methoxy groups -OCH3 is 3. The van der Waals surface area contributed by atoms with Gasteiger partial charge in [-0.25, -0.2) is 20.0 Å². The third kappa shape index (κ3) is 3.90. The van der Waals surface area contributed by atoms with E-state index in [0.29, 0.717) is 17.2 Å². The maximum atomic E-state index is 5.76. The predicted octanol–water partition coefficient (Wildman–Crippen LogP) is 5.13. The molecule has 0 radical (unpaired) electrons. The van der Waals surface area contributed by atoms with Gasteiger partial charge in [0, 0.05) is 17.2 Å². The van der Waals surface area contributed by atoms with Gasteiger partial charge in [0.2, 0.25) is 0 Å². The van der Waals surface area contributed by atoms with Crippen LogP contribution in [0.1, 0.15) is 5.56 Å². The van der Waals surface area contributed by atoms with Gasteiger partial charge < -0.3 is 14.2 Å². The van der Waals surface area contributed by atoms with Crippen molar-refractivity contribution in [3.05, 3.63) is 107 Å². The molecule has 0 N–H and O–H groups in total. The van der Waals surface area contributed by atoms with E-state index in [1.165, 1.54) is 0 Å². The first-order valence-corrected chi connectivity index (χ1v) is 11.4. The maximum absolute atomic E-state index is 5.76. The molecule has 0 atom stereocenters. The van der Waals surface area contributed by atoms with Crippen LogP contribution in [-0.4, -0.2) is 44.2 Å². The van der Waals surface area contributed by atoms with E-state index >= 15 is 0 Å². The van der Waals surface area contributed by atoms with Crippen molar-refractivity contribution in [2.24, 2.45) is 20.0 Å². The van der Waals surface area contributed by atoms with Crippen LogP contribution in [0.2, 0.25) is 0 Å². The summed E-state index contributed by atoms with van der Waals surface area (Å²) < 4.78 is 16.9. The SMILES string of the molecule is COc1cc(OC)c(C2=C3C=CC(=N3)C=C3C=CC(=N3)C=C3C=CC(=N3)C=C3C=CC2=N3)cc1OC. The van der Waals surface area contributed by atoms with Gasteiger partial charge in [-0.1, -0.05) is 0 Å². The molecule has 7 heteroatoms. The lowest BCUT2D eigenvalue weighted by Crippen LogP contribution is -2.04. The lowest BCUT2D eigenvalue weighted by molar-refractivity contribution is 0.348. The lowest BCUT2D eigenvalue weighted by atomic mass is 9.97. The molecule has 0 amide bonds. The number of benzene rings is 1. The standard InChI is InChI=1S/C29H22N4O3/c1-34-26-16-28(36-3)27(35-2)15-23(26)29-24-10-8-21(32-24)13-19-6-4-17(30-19)12-18-5-7-20(31-18)14-22-9-11-25(29)33-22/h4-16H,1-3H3. The molecule has 0 spiro atoms. The number of nitrogens with zero attached hydrogens (tertiary/aromatic N) is 4. The van der Waals surface area contributed by atoms with Crippen molar-refractivity contribution in [1.82, 2.24) is 0 Å². The van der Waals surface area contributed by atoms with E-state index in [4.69, 9.17) is 34.2 Å². The van der Waals surface area contributed by atoms with Crippen LogP contribution >= 0.6 is 0 Å². The fourth-order valence-electron chi connectivity index (χ4n) is 4.39. The average Bonchev–Trinajstić information content (AvgIpc) is 3.70. The monoisotopic (exact) mass is 474 g/mol. The number of fused-ring (bicyclic) bond motifs is 4. The molecule has 5 heterocycles. The van der Waals surface area contributed by atoms with Gasteiger partial charge in [0.1, 0.15) is 5.75 Å². The molecular formula is C29H22N4O3. The molecule has 1 aromatic carbocycles. The minimum Gasteiger partial charge on any atom is -0.496 e. The van der Waals surface area contributed by atoms with Crippen LogP contribution in [0.4, 0.5) is 0 Å². The molecule has 5 aliphatic rings. The summed E-state index contributed by atoms with van der Waals surface area (Å²) in [5, 5.41) is 0. The van der Waals surface area contributed by atoms with Crippen molar-refractivity contribution < 1.29 is 14.2 Å². The zero-order chi connectivity index (χ0) is 24.6. The van der Waals surface area contributed by atoms with Crippen LogP contribution in [0, 0.1) is 0 Å². The quantitative estimate of drug-likeness (QED) is 0.607. The van der Waals surface area contributed by atoms with E-state index in [9.17, 15) is 0 Å². The van der Waals surface area contributed by atoms with Crippen LogP contribution < -0.4 is 14.2 Å². The Bertz CT molecular complexity index is 1570. The molecule has 6 rings (SSSR count). The third-order valence-electron chi connectivity index (χ3n) is 6.06. The highest BCUT2D eigenvalue weighted by molar-refractivity contribution is 6.33. The Morgan fingerprint density at radius 3 is 1.67 bits per heavy atom. The van der Waals surface area contributed by atoms with Gasteiger partial charge >= 0.3 is 0 Å². The summed E-state index contributed by atoms with van der Waals surface area (Å²) in [6.07, 6.45) is 21.7. The Morgan fingerprint density at radius 2 is 1.03 bits per heavy atom. The van der Waals surface area contributed by atoms with Crippen LogP contribution in [0.15, 0.2) is 122 Å². The average molecular weight is 475 g/mol. The van der Waals surface area contributed by atoms with Crippen LogP contribution in [0.3, 0.4) is 0 Å². The van der Waals surface area contributed by atoms with Crippen molar-refractivity contribution in [3.8, 4) is 17.2 Å². The van der Waals surface area contributed by atoms with Gasteiger partial charge in [-0.2, -0.15) is 0 Å². The summed E-state index contributed by atoms with van der Waals surface area (Å²) in [5.74, 6) is 1.79. The van der Waals surface area contributed by atoms with E-state index in [0.717, 1.165) is 56.8 Å². The molecule has 0 saturated carbocycles. The highest BCUT2D eigenvalue weighted by Gasteiger charge is 2.24. The first-order chi connectivity index (χ1) is 17.6. The highest BCUT2D eigenvalue weighted by Crippen LogP contribution is 2.41. The van der Waals surface area contributed by atoms with E-state index in [1.54, 1.807) is 21.3 Å². The normalized spacial score (nSPS) is 19.0. The van der Waals surface area contributed by atoms with Gasteiger partial charge in [-0.05, 0) is 72.9 Å². The van der Waals surface area contributed by atoms with E-state index in [1.807, 2.05) is 79.0 Å². The molecule has 1 aromatic rings. The van der Waals surface area contributed by atoms with Gasteiger partial charge in [0.05, 0.1) is 67.0 Å². The summed E-state index contributed by atoms with van der Waals surface area (Å²) >= 11 is 0. The topological polar surface area (TPSA) is 77.1 Å². The van der Waals surface area contributed by atoms with Crippen molar-refractivity contribution in [1.29, 1.82) is 0 Å². The summed E-state index contributed by atoms with van der Waals surface area (Å²) in [5.41, 5.74) is 8.08. The minimum absolute atomic E-state index is 0.578. The highest BCUT2D eigenvalue weighted by atomic mass is 16.5. The zero-order valence-corrected chi connectivity index (χ0v) is 20.0. The number of ether oxygens (including phenoxy) is 3. The molecule has 0 aromatic heterocycles. The summed E-state index contributed by atoms with van der Waals surface area (Å²) in [7, 11) is 4.84. The Kier molecular flexibility index (Phi) is 5.30. The molecule has 0 saturated heterocycles. The molecule has 176 valence electrons. The van der Waals surface area contributed by atoms with Crippen LogP contribution in [0.5, 0.6) is 17.2 Å². The fourth-order valence-corrected chi connectivity index (χ4v) is 4.39. The summed E-state index contributed by atoms with van der Waals surface area (Å²) in [6.45, 7) is 0. The minimum atomic E-state index is 0.578. The first-order valence-electron chi connectivity index (χ1n) is 11.4. The number of allylic oxidation sites excluding steroid dienone is 12. The first kappa shape index (κ1) is 21.7. The molecule has 8 bridgehead atoms. The van der Waals surface area contributed by atoms with Gasteiger partial charge in [-0.15, -0.1) is 0 Å². The largest absolute Gasteiger partial charge is 0.496 e. The molecule has 0 aliphatic carbocycles. The number of aliphatic imine (C=N–C) groups is 4. The van der Waals surface area contributed by atoms with E-state index in [-0.39, 0.29) is 0 Å². The van der Waals surface area contributed by atoms with Gasteiger partial charge in [0.15, 0.2) is 11.5 Å². The number of hydrogen-bond donors (Lipinski definition) is 0. The molecule has 5 aliphatic heterocycles. The Balaban J connectivity index is 1.59. The Labute approximate surface area is 208 Å². The maximum Gasteiger partial charge on any atom is 0.164 e. The van der Waals surface area contributed by atoms with Crippen molar-refractivity contribution in [2.45, 2.75) is 0 Å². The molecular weight excluding hydrogens is 452 g/mol. The Morgan fingerprint density at radius 1 is 0.500 bits per heavy atom. The van der Waals surface area contributed by atoms with Gasteiger partial charge in [-0.3, -0.25) is 0 Å². The van der Waals surface area contributed by atoms with Crippen molar-refractivity contribution in [3.63, 3.8) is 0 Å². The fraction of sp³-hybridized carbons (Fsp3) is 0.103. The van der Waals surface area contributed by atoms with E-state index in [2.05, 4.69) is 0 Å². The van der Waals surface area contributed by atoms with Gasteiger partial charge in [0.25, 0.3) is 0 Å². The molecule has 7 nitrogen and oxygen atoms in total. The van der Waals surface area contributed by atoms with Crippen molar-refractivity contribution in [2.75, 3.05) is 21.3 Å². The summed E-state index contributed by atoms with van der Waals surface area (Å²) in [6, 6.07) is 3.71.